The van der Waals surface area contributed by atoms with Crippen molar-refractivity contribution < 1.29 is 9.53 Å². The number of amides is 2. The number of anilines is 1. The summed E-state index contributed by atoms with van der Waals surface area (Å²) in [5, 5.41) is 12.8. The molecular weight excluding hydrogens is 324 g/mol. The standard InChI is InChI=1S/C17H20N4O2S/c1-23-14-5-3-2-4-12(14)10-21(13-8-9-13)17(22)18-16-20-19-15(24-16)11-6-7-11/h2-5,11,13H,6-10H2,1H3,(H,18,20,22). The lowest BCUT2D eigenvalue weighted by Crippen LogP contribution is -2.36. The topological polar surface area (TPSA) is 67.3 Å². The molecule has 1 aromatic carbocycles. The number of aromatic nitrogens is 2. The third-order valence-electron chi connectivity index (χ3n) is 4.36. The second-order valence-electron chi connectivity index (χ2n) is 6.32. The number of nitrogens with zero attached hydrogens (tertiary/aromatic N) is 3. The summed E-state index contributed by atoms with van der Waals surface area (Å²) in [6.07, 6.45) is 4.47. The van der Waals surface area contributed by atoms with Crippen LogP contribution in [0.2, 0.25) is 0 Å². The molecule has 2 fully saturated rings. The highest BCUT2D eigenvalue weighted by Gasteiger charge is 2.34. The van der Waals surface area contributed by atoms with Crippen LogP contribution in [-0.2, 0) is 6.54 Å². The van der Waals surface area contributed by atoms with Crippen LogP contribution in [0.15, 0.2) is 24.3 Å². The third kappa shape index (κ3) is 3.36. The lowest BCUT2D eigenvalue weighted by molar-refractivity contribution is 0.205. The SMILES string of the molecule is COc1ccccc1CN(C(=O)Nc1nnc(C2CC2)s1)C1CC1. The fourth-order valence-electron chi connectivity index (χ4n) is 2.71. The first kappa shape index (κ1) is 15.4. The van der Waals surface area contributed by atoms with Gasteiger partial charge in [0, 0.05) is 17.5 Å². The number of rotatable bonds is 6. The van der Waals surface area contributed by atoms with E-state index in [0.717, 1.165) is 29.2 Å². The summed E-state index contributed by atoms with van der Waals surface area (Å²) in [4.78, 5) is 14.6. The maximum absolute atomic E-state index is 12.7. The van der Waals surface area contributed by atoms with E-state index < -0.39 is 0 Å². The summed E-state index contributed by atoms with van der Waals surface area (Å²) < 4.78 is 5.40. The molecule has 6 nitrogen and oxygen atoms in total. The third-order valence-corrected chi connectivity index (χ3v) is 5.36. The zero-order valence-corrected chi connectivity index (χ0v) is 14.4. The number of para-hydroxylation sites is 1. The molecule has 0 spiro atoms. The van der Waals surface area contributed by atoms with E-state index in [2.05, 4.69) is 15.5 Å². The van der Waals surface area contributed by atoms with Crippen molar-refractivity contribution in [1.82, 2.24) is 15.1 Å². The Bertz CT molecular complexity index is 740. The maximum atomic E-state index is 12.7. The Hall–Kier alpha value is -2.15. The minimum atomic E-state index is -0.109. The van der Waals surface area contributed by atoms with Crippen molar-refractivity contribution in [3.8, 4) is 5.75 Å². The number of methoxy groups -OCH3 is 1. The Labute approximate surface area is 144 Å². The normalized spacial score (nSPS) is 16.7. The lowest BCUT2D eigenvalue weighted by atomic mass is 10.2. The molecule has 0 bridgehead atoms. The van der Waals surface area contributed by atoms with Crippen LogP contribution in [0.5, 0.6) is 5.75 Å². The van der Waals surface area contributed by atoms with Crippen LogP contribution >= 0.6 is 11.3 Å². The predicted molar refractivity (Wildman–Crippen MR) is 92.5 cm³/mol. The molecule has 2 aliphatic carbocycles. The molecule has 1 heterocycles. The van der Waals surface area contributed by atoms with Crippen LogP contribution in [0.3, 0.4) is 0 Å². The van der Waals surface area contributed by atoms with Crippen molar-refractivity contribution in [1.29, 1.82) is 0 Å². The largest absolute Gasteiger partial charge is 0.496 e. The second kappa shape index (κ2) is 6.39. The van der Waals surface area contributed by atoms with Crippen LogP contribution in [0.1, 0.15) is 42.2 Å². The van der Waals surface area contributed by atoms with E-state index in [1.165, 1.54) is 24.2 Å². The Balaban J connectivity index is 1.46. The number of carbonyl (C=O) groups is 1. The maximum Gasteiger partial charge on any atom is 0.324 e. The number of hydrogen-bond donors (Lipinski definition) is 1. The fraction of sp³-hybridized carbons (Fsp3) is 0.471. The summed E-state index contributed by atoms with van der Waals surface area (Å²) in [5.74, 6) is 1.36. The van der Waals surface area contributed by atoms with Crippen LogP contribution in [-0.4, -0.2) is 34.3 Å². The highest BCUT2D eigenvalue weighted by atomic mass is 32.1. The van der Waals surface area contributed by atoms with Crippen molar-refractivity contribution in [3.63, 3.8) is 0 Å². The van der Waals surface area contributed by atoms with E-state index in [1.54, 1.807) is 7.11 Å². The number of carbonyl (C=O) groups excluding carboxylic acids is 1. The molecule has 2 aliphatic rings. The monoisotopic (exact) mass is 344 g/mol. The Kier molecular flexibility index (Phi) is 4.10. The number of ether oxygens (including phenoxy) is 1. The molecule has 0 saturated heterocycles. The molecule has 126 valence electrons. The van der Waals surface area contributed by atoms with Gasteiger partial charge in [-0.25, -0.2) is 4.79 Å². The van der Waals surface area contributed by atoms with Gasteiger partial charge in [0.05, 0.1) is 13.7 Å². The zero-order valence-electron chi connectivity index (χ0n) is 13.6. The van der Waals surface area contributed by atoms with Gasteiger partial charge in [-0.05, 0) is 31.7 Å². The molecule has 2 amide bonds. The van der Waals surface area contributed by atoms with Crippen LogP contribution in [0, 0.1) is 0 Å². The van der Waals surface area contributed by atoms with E-state index in [1.807, 2.05) is 29.2 Å². The smallest absolute Gasteiger partial charge is 0.324 e. The van der Waals surface area contributed by atoms with E-state index in [4.69, 9.17) is 4.74 Å². The Morgan fingerprint density at radius 2 is 2.08 bits per heavy atom. The minimum absolute atomic E-state index is 0.109. The van der Waals surface area contributed by atoms with Gasteiger partial charge in [-0.3, -0.25) is 5.32 Å². The average molecular weight is 344 g/mol. The van der Waals surface area contributed by atoms with Gasteiger partial charge < -0.3 is 9.64 Å². The summed E-state index contributed by atoms with van der Waals surface area (Å²) in [6, 6.07) is 8.01. The van der Waals surface area contributed by atoms with Gasteiger partial charge >= 0.3 is 6.03 Å². The van der Waals surface area contributed by atoms with E-state index in [9.17, 15) is 4.79 Å². The number of nitrogens with one attached hydrogen (secondary N) is 1. The molecule has 1 aromatic heterocycles. The second-order valence-corrected chi connectivity index (χ2v) is 7.33. The molecular formula is C17H20N4O2S. The molecule has 2 aromatic rings. The molecule has 0 unspecified atom stereocenters. The van der Waals surface area contributed by atoms with E-state index >= 15 is 0 Å². The molecule has 24 heavy (non-hydrogen) atoms. The Morgan fingerprint density at radius 1 is 1.29 bits per heavy atom. The average Bonchev–Trinajstić information content (AvgIpc) is 3.52. The Morgan fingerprint density at radius 3 is 2.79 bits per heavy atom. The van der Waals surface area contributed by atoms with Gasteiger partial charge in [-0.1, -0.05) is 29.5 Å². The van der Waals surface area contributed by atoms with Crippen molar-refractivity contribution in [3.05, 3.63) is 34.8 Å². The summed E-state index contributed by atoms with van der Waals surface area (Å²) in [5.41, 5.74) is 1.01. The molecule has 0 radical (unpaired) electrons. The van der Waals surface area contributed by atoms with Gasteiger partial charge in [0.15, 0.2) is 0 Å². The first-order valence-corrected chi connectivity index (χ1v) is 9.09. The van der Waals surface area contributed by atoms with Crippen molar-refractivity contribution in [2.75, 3.05) is 12.4 Å². The number of urea groups is 1. The van der Waals surface area contributed by atoms with Gasteiger partial charge in [0.1, 0.15) is 10.8 Å². The first-order chi connectivity index (χ1) is 11.7. The lowest BCUT2D eigenvalue weighted by Gasteiger charge is -2.23. The van der Waals surface area contributed by atoms with E-state index in [-0.39, 0.29) is 6.03 Å². The quantitative estimate of drug-likeness (QED) is 0.869. The fourth-order valence-corrected chi connectivity index (χ4v) is 3.62. The summed E-state index contributed by atoms with van der Waals surface area (Å²) in [7, 11) is 1.65. The van der Waals surface area contributed by atoms with Gasteiger partial charge in [-0.2, -0.15) is 0 Å². The highest BCUT2D eigenvalue weighted by Crippen LogP contribution is 2.42. The van der Waals surface area contributed by atoms with E-state index in [0.29, 0.717) is 23.6 Å². The zero-order chi connectivity index (χ0) is 16.5. The molecule has 1 N–H and O–H groups in total. The highest BCUT2D eigenvalue weighted by molar-refractivity contribution is 7.15. The van der Waals surface area contributed by atoms with Crippen LogP contribution in [0.25, 0.3) is 0 Å². The minimum Gasteiger partial charge on any atom is -0.496 e. The van der Waals surface area contributed by atoms with Crippen molar-refractivity contribution in [2.45, 2.75) is 44.2 Å². The first-order valence-electron chi connectivity index (χ1n) is 8.27. The molecule has 2 saturated carbocycles. The number of hydrogen-bond acceptors (Lipinski definition) is 5. The molecule has 7 heteroatoms. The van der Waals surface area contributed by atoms with Crippen LogP contribution < -0.4 is 10.1 Å². The van der Waals surface area contributed by atoms with Gasteiger partial charge in [0.25, 0.3) is 0 Å². The van der Waals surface area contributed by atoms with Crippen LogP contribution in [0.4, 0.5) is 9.93 Å². The van der Waals surface area contributed by atoms with Gasteiger partial charge in [-0.15, -0.1) is 10.2 Å². The number of benzene rings is 1. The molecule has 0 atom stereocenters. The molecule has 0 aliphatic heterocycles. The van der Waals surface area contributed by atoms with Crippen molar-refractivity contribution in [2.24, 2.45) is 0 Å². The van der Waals surface area contributed by atoms with Crippen molar-refractivity contribution >= 4 is 22.5 Å². The summed E-state index contributed by atoms with van der Waals surface area (Å²) >= 11 is 1.49. The van der Waals surface area contributed by atoms with Gasteiger partial charge in [0.2, 0.25) is 5.13 Å². The predicted octanol–water partition coefficient (Wildman–Crippen LogP) is 3.62. The summed E-state index contributed by atoms with van der Waals surface area (Å²) in [6.45, 7) is 0.537. The molecule has 4 rings (SSSR count).